The van der Waals surface area contributed by atoms with Gasteiger partial charge in [-0.2, -0.15) is 0 Å². The van der Waals surface area contributed by atoms with Crippen LogP contribution in [0.15, 0.2) is 48.5 Å². The fourth-order valence-corrected chi connectivity index (χ4v) is 2.88. The zero-order valence-corrected chi connectivity index (χ0v) is 15.6. The van der Waals surface area contributed by atoms with Gasteiger partial charge in [0.05, 0.1) is 11.1 Å². The van der Waals surface area contributed by atoms with Crippen molar-refractivity contribution in [3.05, 3.63) is 70.2 Å². The smallest absolute Gasteiger partial charge is 0.326 e. The first-order valence-corrected chi connectivity index (χ1v) is 8.95. The van der Waals surface area contributed by atoms with Gasteiger partial charge in [0.25, 0.3) is 17.7 Å². The molecule has 3 rings (SSSR count). The van der Waals surface area contributed by atoms with Gasteiger partial charge in [-0.15, -0.1) is 0 Å². The van der Waals surface area contributed by atoms with E-state index >= 15 is 0 Å². The second kappa shape index (κ2) is 8.67. The van der Waals surface area contributed by atoms with Gasteiger partial charge in [0.2, 0.25) is 0 Å². The minimum Gasteiger partial charge on any atom is -0.454 e. The maximum absolute atomic E-state index is 12.2. The topological polar surface area (TPSA) is 92.8 Å². The fraction of sp³-hybridized carbons (Fsp3) is 0.200. The summed E-state index contributed by atoms with van der Waals surface area (Å²) in [4.78, 5) is 48.9. The lowest BCUT2D eigenvalue weighted by atomic mass is 10.1. The van der Waals surface area contributed by atoms with Gasteiger partial charge in [0.15, 0.2) is 6.61 Å². The van der Waals surface area contributed by atoms with E-state index in [1.165, 1.54) is 12.1 Å². The number of nitrogens with one attached hydrogen (secondary N) is 1. The van der Waals surface area contributed by atoms with Crippen LogP contribution >= 0.6 is 11.6 Å². The molecular formula is C20H17ClN2O5. The summed E-state index contributed by atoms with van der Waals surface area (Å²) < 4.78 is 4.87. The predicted molar refractivity (Wildman–Crippen MR) is 101 cm³/mol. The second-order valence-electron chi connectivity index (χ2n) is 6.13. The Labute approximate surface area is 166 Å². The highest BCUT2D eigenvalue weighted by atomic mass is 35.5. The van der Waals surface area contributed by atoms with Crippen LogP contribution in [0.3, 0.4) is 0 Å². The SMILES string of the molecule is O=C(COC(=O)CN1C(=O)c2ccccc2C1=O)NCCc1ccc(Cl)cc1. The summed E-state index contributed by atoms with van der Waals surface area (Å²) in [6.07, 6.45) is 0.603. The average Bonchev–Trinajstić information content (AvgIpc) is 2.93. The molecule has 0 spiro atoms. The van der Waals surface area contributed by atoms with Gasteiger partial charge < -0.3 is 10.1 Å². The lowest BCUT2D eigenvalue weighted by molar-refractivity contribution is -0.148. The van der Waals surface area contributed by atoms with Crippen LogP contribution in [-0.2, 0) is 20.7 Å². The molecule has 0 radical (unpaired) electrons. The van der Waals surface area contributed by atoms with E-state index in [1.54, 1.807) is 24.3 Å². The standard InChI is InChI=1S/C20H17ClN2O5/c21-14-7-5-13(6-8-14)9-10-22-17(24)12-28-18(25)11-23-19(26)15-3-1-2-4-16(15)20(23)27/h1-8H,9-12H2,(H,22,24). The summed E-state index contributed by atoms with van der Waals surface area (Å²) in [6, 6.07) is 13.6. The summed E-state index contributed by atoms with van der Waals surface area (Å²) in [6.45, 7) is -0.649. The Morgan fingerprint density at radius 1 is 0.964 bits per heavy atom. The lowest BCUT2D eigenvalue weighted by Crippen LogP contribution is -2.37. The molecule has 0 aromatic heterocycles. The highest BCUT2D eigenvalue weighted by molar-refractivity contribution is 6.30. The van der Waals surface area contributed by atoms with E-state index in [-0.39, 0.29) is 11.1 Å². The van der Waals surface area contributed by atoms with E-state index in [1.807, 2.05) is 12.1 Å². The van der Waals surface area contributed by atoms with Gasteiger partial charge in [0.1, 0.15) is 6.54 Å². The third kappa shape index (κ3) is 4.55. The zero-order chi connectivity index (χ0) is 20.1. The molecule has 0 saturated heterocycles. The molecule has 1 N–H and O–H groups in total. The maximum Gasteiger partial charge on any atom is 0.326 e. The molecule has 2 aromatic carbocycles. The fourth-order valence-electron chi connectivity index (χ4n) is 2.75. The summed E-state index contributed by atoms with van der Waals surface area (Å²) in [5.41, 5.74) is 1.51. The van der Waals surface area contributed by atoms with E-state index in [0.29, 0.717) is 18.0 Å². The van der Waals surface area contributed by atoms with Crippen molar-refractivity contribution in [3.63, 3.8) is 0 Å². The molecule has 3 amide bonds. The van der Waals surface area contributed by atoms with Crippen LogP contribution in [0.4, 0.5) is 0 Å². The lowest BCUT2D eigenvalue weighted by Gasteiger charge is -2.13. The Morgan fingerprint density at radius 2 is 1.57 bits per heavy atom. The molecule has 0 bridgehead atoms. The largest absolute Gasteiger partial charge is 0.454 e. The first kappa shape index (κ1) is 19.6. The average molecular weight is 401 g/mol. The van der Waals surface area contributed by atoms with Crippen molar-refractivity contribution in [2.75, 3.05) is 19.7 Å². The third-order valence-electron chi connectivity index (χ3n) is 4.18. The molecular weight excluding hydrogens is 384 g/mol. The van der Waals surface area contributed by atoms with Crippen LogP contribution in [-0.4, -0.2) is 48.3 Å². The van der Waals surface area contributed by atoms with Crippen molar-refractivity contribution in [1.82, 2.24) is 10.2 Å². The van der Waals surface area contributed by atoms with E-state index in [9.17, 15) is 19.2 Å². The van der Waals surface area contributed by atoms with E-state index in [0.717, 1.165) is 10.5 Å². The Kier molecular flexibility index (Phi) is 6.06. The normalized spacial score (nSPS) is 12.7. The van der Waals surface area contributed by atoms with Gasteiger partial charge in [0, 0.05) is 11.6 Å². The maximum atomic E-state index is 12.2. The number of esters is 1. The molecule has 0 saturated carbocycles. The highest BCUT2D eigenvalue weighted by Crippen LogP contribution is 2.22. The molecule has 8 heteroatoms. The number of nitrogens with zero attached hydrogens (tertiary/aromatic N) is 1. The van der Waals surface area contributed by atoms with Gasteiger partial charge >= 0.3 is 5.97 Å². The molecule has 1 aliphatic heterocycles. The minimum absolute atomic E-state index is 0.250. The number of imide groups is 1. The summed E-state index contributed by atoms with van der Waals surface area (Å²) >= 11 is 5.81. The predicted octanol–water partition coefficient (Wildman–Crippen LogP) is 1.84. The van der Waals surface area contributed by atoms with Gasteiger partial charge in [-0.1, -0.05) is 35.9 Å². The molecule has 0 fully saturated rings. The number of carbonyl (C=O) groups is 4. The first-order valence-electron chi connectivity index (χ1n) is 8.57. The Morgan fingerprint density at radius 3 is 2.18 bits per heavy atom. The molecule has 1 aliphatic rings. The van der Waals surface area contributed by atoms with Crippen LogP contribution in [0.5, 0.6) is 0 Å². The van der Waals surface area contributed by atoms with Crippen molar-refractivity contribution in [2.24, 2.45) is 0 Å². The summed E-state index contributed by atoms with van der Waals surface area (Å²) in [7, 11) is 0. The Balaban J connectivity index is 1.41. The molecule has 0 unspecified atom stereocenters. The van der Waals surface area contributed by atoms with Crippen LogP contribution in [0, 0.1) is 0 Å². The number of amides is 3. The number of ether oxygens (including phenoxy) is 1. The molecule has 1 heterocycles. The number of halogens is 1. The molecule has 2 aromatic rings. The van der Waals surface area contributed by atoms with Crippen LogP contribution in [0.1, 0.15) is 26.3 Å². The number of rotatable bonds is 7. The van der Waals surface area contributed by atoms with E-state index in [2.05, 4.69) is 5.32 Å². The van der Waals surface area contributed by atoms with Crippen LogP contribution in [0.25, 0.3) is 0 Å². The monoisotopic (exact) mass is 400 g/mol. The number of fused-ring (bicyclic) bond motifs is 1. The molecule has 144 valence electrons. The Bertz CT molecular complexity index is 891. The van der Waals surface area contributed by atoms with Crippen molar-refractivity contribution in [2.45, 2.75) is 6.42 Å². The molecule has 28 heavy (non-hydrogen) atoms. The van der Waals surface area contributed by atoms with Gasteiger partial charge in [-0.05, 0) is 36.2 Å². The van der Waals surface area contributed by atoms with Crippen molar-refractivity contribution in [3.8, 4) is 0 Å². The van der Waals surface area contributed by atoms with Crippen molar-refractivity contribution in [1.29, 1.82) is 0 Å². The number of benzene rings is 2. The quantitative estimate of drug-likeness (QED) is 0.565. The van der Waals surface area contributed by atoms with E-state index < -0.39 is 36.8 Å². The van der Waals surface area contributed by atoms with Crippen molar-refractivity contribution >= 4 is 35.3 Å². The molecule has 0 atom stereocenters. The number of carbonyl (C=O) groups excluding carboxylic acids is 4. The van der Waals surface area contributed by atoms with Crippen molar-refractivity contribution < 1.29 is 23.9 Å². The summed E-state index contributed by atoms with van der Waals surface area (Å²) in [5.74, 6) is -2.40. The zero-order valence-electron chi connectivity index (χ0n) is 14.8. The Hall–Kier alpha value is -3.19. The minimum atomic E-state index is -0.831. The molecule has 7 nitrogen and oxygen atoms in total. The van der Waals surface area contributed by atoms with Crippen LogP contribution < -0.4 is 5.32 Å². The second-order valence-corrected chi connectivity index (χ2v) is 6.57. The number of hydrogen-bond acceptors (Lipinski definition) is 5. The first-order chi connectivity index (χ1) is 13.5. The van der Waals surface area contributed by atoms with Crippen LogP contribution in [0.2, 0.25) is 5.02 Å². The van der Waals surface area contributed by atoms with Gasteiger partial charge in [-0.3, -0.25) is 24.1 Å². The molecule has 0 aliphatic carbocycles. The summed E-state index contributed by atoms with van der Waals surface area (Å²) in [5, 5.41) is 3.27. The van der Waals surface area contributed by atoms with Gasteiger partial charge in [-0.25, -0.2) is 0 Å². The number of hydrogen-bond donors (Lipinski definition) is 1. The highest BCUT2D eigenvalue weighted by Gasteiger charge is 2.36. The third-order valence-corrected chi connectivity index (χ3v) is 4.43. The van der Waals surface area contributed by atoms with E-state index in [4.69, 9.17) is 16.3 Å².